The molecule has 1 heterocycles. The number of alkyl halides is 3. The first-order valence-electron chi connectivity index (χ1n) is 5.26. The predicted molar refractivity (Wildman–Crippen MR) is 61.3 cm³/mol. The topological polar surface area (TPSA) is 63.2 Å². The molecule has 0 atom stereocenters. The van der Waals surface area contributed by atoms with Gasteiger partial charge < -0.3 is 5.32 Å². The second-order valence-corrected chi connectivity index (χ2v) is 6.53. The van der Waals surface area contributed by atoms with E-state index in [-0.39, 0.29) is 0 Å². The summed E-state index contributed by atoms with van der Waals surface area (Å²) in [5.41, 5.74) is -3.28. The average molecular weight is 293 g/mol. The number of hydrogen-bond donors (Lipinski definition) is 1. The van der Waals surface area contributed by atoms with Crippen LogP contribution in [0.3, 0.4) is 0 Å². The maximum absolute atomic E-state index is 12.9. The molecular formula is C11H10F3NO3S. The van der Waals surface area contributed by atoms with Gasteiger partial charge in [0, 0.05) is 0 Å². The van der Waals surface area contributed by atoms with Crippen LogP contribution in [0.2, 0.25) is 0 Å². The molecule has 4 nitrogen and oxygen atoms in total. The third kappa shape index (κ3) is 1.99. The van der Waals surface area contributed by atoms with Crippen LogP contribution >= 0.6 is 0 Å². The Kier molecular flexibility index (Phi) is 2.71. The Morgan fingerprint density at radius 1 is 1.21 bits per heavy atom. The zero-order chi connectivity index (χ0) is 14.6. The van der Waals surface area contributed by atoms with E-state index in [1.54, 1.807) is 0 Å². The van der Waals surface area contributed by atoms with E-state index in [0.717, 1.165) is 18.2 Å². The van der Waals surface area contributed by atoms with Gasteiger partial charge in [-0.3, -0.25) is 4.79 Å². The van der Waals surface area contributed by atoms with Crippen LogP contribution in [0.15, 0.2) is 23.1 Å². The van der Waals surface area contributed by atoms with Gasteiger partial charge in [-0.15, -0.1) is 0 Å². The third-order valence-electron chi connectivity index (χ3n) is 2.81. The van der Waals surface area contributed by atoms with Crippen LogP contribution in [0.4, 0.5) is 18.9 Å². The SMILES string of the molecule is CC1(C)Nc2c(C(F)(F)F)cccc2S(=O)(=O)C1=O. The highest BCUT2D eigenvalue weighted by Crippen LogP contribution is 2.42. The number of sulfone groups is 1. The van der Waals surface area contributed by atoms with Crippen molar-refractivity contribution < 1.29 is 26.4 Å². The molecule has 0 saturated carbocycles. The number of para-hydroxylation sites is 1. The summed E-state index contributed by atoms with van der Waals surface area (Å²) in [7, 11) is -4.41. The fourth-order valence-corrected chi connectivity index (χ4v) is 3.53. The van der Waals surface area contributed by atoms with Gasteiger partial charge >= 0.3 is 6.18 Å². The minimum atomic E-state index is -4.70. The Hall–Kier alpha value is -1.57. The van der Waals surface area contributed by atoms with Gasteiger partial charge in [0.2, 0.25) is 9.84 Å². The van der Waals surface area contributed by atoms with E-state index in [4.69, 9.17) is 0 Å². The van der Waals surface area contributed by atoms with Gasteiger partial charge in [-0.05, 0) is 26.0 Å². The van der Waals surface area contributed by atoms with Crippen molar-refractivity contribution in [3.63, 3.8) is 0 Å². The minimum absolute atomic E-state index is 0.570. The molecule has 1 aromatic carbocycles. The summed E-state index contributed by atoms with van der Waals surface area (Å²) in [5.74, 6) is 0. The predicted octanol–water partition coefficient (Wildman–Crippen LogP) is 2.21. The van der Waals surface area contributed by atoms with Crippen LogP contribution in [0, 0.1) is 0 Å². The number of halogens is 3. The van der Waals surface area contributed by atoms with Gasteiger partial charge in [-0.25, -0.2) is 8.42 Å². The summed E-state index contributed by atoms with van der Waals surface area (Å²) in [6, 6.07) is 2.72. The lowest BCUT2D eigenvalue weighted by atomic mass is 10.0. The van der Waals surface area contributed by atoms with Gasteiger partial charge in [0.25, 0.3) is 5.12 Å². The van der Waals surface area contributed by atoms with Crippen molar-refractivity contribution in [1.82, 2.24) is 0 Å². The third-order valence-corrected chi connectivity index (χ3v) is 4.73. The molecular weight excluding hydrogens is 283 g/mol. The number of nitrogens with one attached hydrogen (secondary N) is 1. The highest BCUT2D eigenvalue weighted by molar-refractivity contribution is 8.06. The van der Waals surface area contributed by atoms with E-state index in [1.165, 1.54) is 13.8 Å². The molecule has 1 aliphatic rings. The molecule has 0 aromatic heterocycles. The Morgan fingerprint density at radius 2 is 1.79 bits per heavy atom. The second kappa shape index (κ2) is 3.72. The van der Waals surface area contributed by atoms with Crippen molar-refractivity contribution in [3.05, 3.63) is 23.8 Å². The maximum atomic E-state index is 12.9. The molecule has 1 aliphatic heterocycles. The van der Waals surface area contributed by atoms with E-state index in [0.29, 0.717) is 0 Å². The number of fused-ring (bicyclic) bond motifs is 1. The Balaban J connectivity index is 2.83. The number of hydrogen-bond acceptors (Lipinski definition) is 4. The van der Waals surface area contributed by atoms with Crippen molar-refractivity contribution in [2.24, 2.45) is 0 Å². The molecule has 8 heteroatoms. The highest BCUT2D eigenvalue weighted by Gasteiger charge is 2.48. The lowest BCUT2D eigenvalue weighted by molar-refractivity contribution is -0.137. The van der Waals surface area contributed by atoms with Gasteiger partial charge in [-0.2, -0.15) is 13.2 Å². The summed E-state index contributed by atoms with van der Waals surface area (Å²) >= 11 is 0. The van der Waals surface area contributed by atoms with Crippen molar-refractivity contribution in [2.45, 2.75) is 30.5 Å². The number of anilines is 1. The number of carbonyl (C=O) groups excluding carboxylic acids is 1. The standard InChI is InChI=1S/C11H10F3NO3S/c1-10(2)9(16)19(17,18)7-5-3-4-6(8(7)15-10)11(12,13)14/h3-5,15H,1-2H3. The molecule has 0 spiro atoms. The molecule has 0 saturated heterocycles. The van der Waals surface area contributed by atoms with Gasteiger partial charge in [-0.1, -0.05) is 6.07 Å². The minimum Gasteiger partial charge on any atom is -0.371 e. The van der Waals surface area contributed by atoms with Crippen molar-refractivity contribution in [1.29, 1.82) is 0 Å². The zero-order valence-corrected chi connectivity index (χ0v) is 10.8. The Bertz CT molecular complexity index is 662. The fraction of sp³-hybridized carbons (Fsp3) is 0.364. The van der Waals surface area contributed by atoms with Crippen LogP contribution < -0.4 is 5.32 Å². The maximum Gasteiger partial charge on any atom is 0.418 e. The molecule has 1 aromatic rings. The van der Waals surface area contributed by atoms with E-state index in [9.17, 15) is 26.4 Å². The van der Waals surface area contributed by atoms with Gasteiger partial charge in [0.15, 0.2) is 0 Å². The summed E-state index contributed by atoms with van der Waals surface area (Å²) in [5, 5.41) is 1.22. The summed E-state index contributed by atoms with van der Waals surface area (Å²) in [6.07, 6.45) is -4.70. The number of rotatable bonds is 0. The normalized spacial score (nSPS) is 20.6. The monoisotopic (exact) mass is 293 g/mol. The first kappa shape index (κ1) is 13.9. The number of carbonyl (C=O) groups is 1. The van der Waals surface area contributed by atoms with E-state index in [1.807, 2.05) is 0 Å². The molecule has 2 rings (SSSR count). The smallest absolute Gasteiger partial charge is 0.371 e. The average Bonchev–Trinajstić information content (AvgIpc) is 2.24. The Morgan fingerprint density at radius 3 is 2.32 bits per heavy atom. The molecule has 0 radical (unpaired) electrons. The molecule has 0 aliphatic carbocycles. The molecule has 0 amide bonds. The van der Waals surface area contributed by atoms with Crippen molar-refractivity contribution in [3.8, 4) is 0 Å². The van der Waals surface area contributed by atoms with Crippen LogP contribution in [0.1, 0.15) is 19.4 Å². The summed E-state index contributed by atoms with van der Waals surface area (Å²) < 4.78 is 62.5. The molecule has 104 valence electrons. The quantitative estimate of drug-likeness (QED) is 0.796. The summed E-state index contributed by atoms with van der Waals surface area (Å²) in [6.45, 7) is 2.45. The first-order valence-corrected chi connectivity index (χ1v) is 6.74. The van der Waals surface area contributed by atoms with Crippen LogP contribution in [0.25, 0.3) is 0 Å². The Labute approximate surface area is 107 Å². The molecule has 1 N–H and O–H groups in total. The van der Waals surface area contributed by atoms with Crippen LogP contribution in [-0.4, -0.2) is 19.1 Å². The lowest BCUT2D eigenvalue weighted by Crippen LogP contribution is -2.48. The number of benzene rings is 1. The molecule has 0 bridgehead atoms. The van der Waals surface area contributed by atoms with Gasteiger partial charge in [0.1, 0.15) is 5.54 Å². The molecule has 0 fully saturated rings. The van der Waals surface area contributed by atoms with Crippen molar-refractivity contribution in [2.75, 3.05) is 5.32 Å². The largest absolute Gasteiger partial charge is 0.418 e. The molecule has 0 unspecified atom stereocenters. The zero-order valence-electron chi connectivity index (χ0n) is 10.00. The fourth-order valence-electron chi connectivity index (χ4n) is 1.92. The van der Waals surface area contributed by atoms with E-state index >= 15 is 0 Å². The summed E-state index contributed by atoms with van der Waals surface area (Å²) in [4.78, 5) is 11.1. The van der Waals surface area contributed by atoms with E-state index in [2.05, 4.69) is 5.32 Å². The van der Waals surface area contributed by atoms with Crippen molar-refractivity contribution >= 4 is 20.6 Å². The van der Waals surface area contributed by atoms with Crippen LogP contribution in [0.5, 0.6) is 0 Å². The van der Waals surface area contributed by atoms with Gasteiger partial charge in [0.05, 0.1) is 16.1 Å². The highest BCUT2D eigenvalue weighted by atomic mass is 32.2. The second-order valence-electron chi connectivity index (χ2n) is 4.72. The van der Waals surface area contributed by atoms with Crippen LogP contribution in [-0.2, 0) is 20.8 Å². The van der Waals surface area contributed by atoms with E-state index < -0.39 is 42.8 Å². The lowest BCUT2D eigenvalue weighted by Gasteiger charge is -2.33. The first-order chi connectivity index (χ1) is 8.48. The molecule has 19 heavy (non-hydrogen) atoms.